The van der Waals surface area contributed by atoms with Gasteiger partial charge in [0.05, 0.1) is 11.3 Å². The van der Waals surface area contributed by atoms with Gasteiger partial charge < -0.3 is 15.4 Å². The Bertz CT molecular complexity index is 1140. The Kier molecular flexibility index (Phi) is 4.59. The minimum Gasteiger partial charge on any atom is -0.454 e. The van der Waals surface area contributed by atoms with Crippen LogP contribution < -0.4 is 15.4 Å². The summed E-state index contributed by atoms with van der Waals surface area (Å²) < 4.78 is 5.93. The lowest BCUT2D eigenvalue weighted by Crippen LogP contribution is -2.16. The number of benzene rings is 3. The molecule has 0 radical (unpaired) electrons. The minimum atomic E-state index is -0.275. The lowest BCUT2D eigenvalue weighted by molar-refractivity contribution is 0.101. The SMILES string of the molecule is Cc1cc(C)c(C(=O)Nc2ccc3c(c2)C(=O)Nc2cc(C)ccc2O3)c(C)c1. The van der Waals surface area contributed by atoms with E-state index in [-0.39, 0.29) is 11.8 Å². The maximum absolute atomic E-state index is 12.9. The first-order valence-electron chi connectivity index (χ1n) is 9.45. The average molecular weight is 386 g/mol. The molecule has 5 heteroatoms. The van der Waals surface area contributed by atoms with Crippen molar-refractivity contribution < 1.29 is 14.3 Å². The number of hydrogen-bond donors (Lipinski definition) is 2. The topological polar surface area (TPSA) is 67.4 Å². The lowest BCUT2D eigenvalue weighted by Gasteiger charge is -2.13. The number of nitrogens with one attached hydrogen (secondary N) is 2. The van der Waals surface area contributed by atoms with Gasteiger partial charge in [-0.2, -0.15) is 0 Å². The molecule has 4 rings (SSSR count). The summed E-state index contributed by atoms with van der Waals surface area (Å²) in [5, 5.41) is 5.79. The van der Waals surface area contributed by atoms with E-state index in [1.54, 1.807) is 18.2 Å². The minimum absolute atomic E-state index is 0.200. The molecule has 1 aliphatic heterocycles. The van der Waals surface area contributed by atoms with Crippen molar-refractivity contribution in [2.45, 2.75) is 27.7 Å². The molecule has 0 spiro atoms. The highest BCUT2D eigenvalue weighted by Crippen LogP contribution is 2.37. The van der Waals surface area contributed by atoms with Crippen LogP contribution in [0.5, 0.6) is 11.5 Å². The van der Waals surface area contributed by atoms with Gasteiger partial charge in [-0.3, -0.25) is 9.59 Å². The highest BCUT2D eigenvalue weighted by molar-refractivity contribution is 6.10. The van der Waals surface area contributed by atoms with Crippen molar-refractivity contribution >= 4 is 23.2 Å². The number of hydrogen-bond acceptors (Lipinski definition) is 3. The molecule has 29 heavy (non-hydrogen) atoms. The van der Waals surface area contributed by atoms with Gasteiger partial charge >= 0.3 is 0 Å². The van der Waals surface area contributed by atoms with E-state index in [4.69, 9.17) is 4.74 Å². The normalized spacial score (nSPS) is 12.2. The molecule has 0 aliphatic carbocycles. The van der Waals surface area contributed by atoms with Gasteiger partial charge in [0.1, 0.15) is 5.75 Å². The first kappa shape index (κ1) is 18.7. The van der Waals surface area contributed by atoms with E-state index in [1.807, 2.05) is 58.0 Å². The summed E-state index contributed by atoms with van der Waals surface area (Å²) in [5.74, 6) is 0.563. The second-order valence-corrected chi connectivity index (χ2v) is 7.49. The van der Waals surface area contributed by atoms with Crippen molar-refractivity contribution in [2.75, 3.05) is 10.6 Å². The molecule has 0 aromatic heterocycles. The predicted octanol–water partition coefficient (Wildman–Crippen LogP) is 5.53. The number of ether oxygens (including phenoxy) is 1. The molecule has 1 heterocycles. The van der Waals surface area contributed by atoms with Crippen LogP contribution in [0.15, 0.2) is 48.5 Å². The van der Waals surface area contributed by atoms with E-state index in [0.717, 1.165) is 22.3 Å². The highest BCUT2D eigenvalue weighted by Gasteiger charge is 2.22. The Morgan fingerprint density at radius 2 is 1.55 bits per heavy atom. The molecule has 0 saturated carbocycles. The van der Waals surface area contributed by atoms with E-state index in [1.165, 1.54) is 0 Å². The number of amides is 2. The zero-order valence-corrected chi connectivity index (χ0v) is 16.8. The van der Waals surface area contributed by atoms with Crippen molar-refractivity contribution in [1.29, 1.82) is 0 Å². The number of carbonyl (C=O) groups excluding carboxylic acids is 2. The lowest BCUT2D eigenvalue weighted by atomic mass is 9.99. The largest absolute Gasteiger partial charge is 0.454 e. The van der Waals surface area contributed by atoms with Gasteiger partial charge in [0.15, 0.2) is 5.75 Å². The van der Waals surface area contributed by atoms with Crippen LogP contribution in [0.4, 0.5) is 11.4 Å². The molecule has 0 saturated heterocycles. The fraction of sp³-hybridized carbons (Fsp3) is 0.167. The number of fused-ring (bicyclic) bond motifs is 2. The van der Waals surface area contributed by atoms with Crippen LogP contribution in [0.2, 0.25) is 0 Å². The fourth-order valence-electron chi connectivity index (χ4n) is 3.74. The molecular weight excluding hydrogens is 364 g/mol. The summed E-state index contributed by atoms with van der Waals surface area (Å²) in [7, 11) is 0. The number of carbonyl (C=O) groups is 2. The van der Waals surface area contributed by atoms with Gasteiger partial charge in [0.2, 0.25) is 0 Å². The fourth-order valence-corrected chi connectivity index (χ4v) is 3.74. The van der Waals surface area contributed by atoms with Gasteiger partial charge in [-0.05, 0) is 74.7 Å². The third-order valence-electron chi connectivity index (χ3n) is 4.99. The van der Waals surface area contributed by atoms with E-state index in [2.05, 4.69) is 10.6 Å². The number of aryl methyl sites for hydroxylation is 4. The summed E-state index contributed by atoms with van der Waals surface area (Å²) in [6, 6.07) is 14.7. The van der Waals surface area contributed by atoms with E-state index < -0.39 is 0 Å². The number of anilines is 2. The van der Waals surface area contributed by atoms with Crippen molar-refractivity contribution in [3.63, 3.8) is 0 Å². The maximum Gasteiger partial charge on any atom is 0.259 e. The van der Waals surface area contributed by atoms with Gasteiger partial charge in [-0.25, -0.2) is 0 Å². The Morgan fingerprint density at radius 3 is 2.28 bits per heavy atom. The molecule has 146 valence electrons. The maximum atomic E-state index is 12.9. The van der Waals surface area contributed by atoms with Crippen molar-refractivity contribution in [3.8, 4) is 11.5 Å². The second kappa shape index (κ2) is 7.09. The summed E-state index contributed by atoms with van der Waals surface area (Å²) in [4.78, 5) is 25.6. The van der Waals surface area contributed by atoms with E-state index >= 15 is 0 Å². The van der Waals surface area contributed by atoms with Gasteiger partial charge in [0.25, 0.3) is 11.8 Å². The van der Waals surface area contributed by atoms with Gasteiger partial charge in [-0.1, -0.05) is 23.8 Å². The van der Waals surface area contributed by atoms with Crippen LogP contribution in [0.3, 0.4) is 0 Å². The molecule has 3 aromatic rings. The summed E-state index contributed by atoms with van der Waals surface area (Å²) >= 11 is 0. The Labute approximate surface area is 169 Å². The van der Waals surface area contributed by atoms with Crippen LogP contribution in [0.25, 0.3) is 0 Å². The molecule has 5 nitrogen and oxygen atoms in total. The quantitative estimate of drug-likeness (QED) is 0.608. The second-order valence-electron chi connectivity index (χ2n) is 7.49. The van der Waals surface area contributed by atoms with Crippen LogP contribution >= 0.6 is 0 Å². The van der Waals surface area contributed by atoms with Crippen molar-refractivity contribution in [1.82, 2.24) is 0 Å². The molecule has 3 aromatic carbocycles. The third-order valence-corrected chi connectivity index (χ3v) is 4.99. The number of rotatable bonds is 2. The summed E-state index contributed by atoms with van der Waals surface area (Å²) in [6.07, 6.45) is 0. The molecule has 0 bridgehead atoms. The molecule has 2 amide bonds. The predicted molar refractivity (Wildman–Crippen MR) is 114 cm³/mol. The third kappa shape index (κ3) is 3.59. The van der Waals surface area contributed by atoms with E-state index in [0.29, 0.717) is 34.0 Å². The van der Waals surface area contributed by atoms with Crippen LogP contribution in [0, 0.1) is 27.7 Å². The molecule has 2 N–H and O–H groups in total. The molecular formula is C24H22N2O3. The smallest absolute Gasteiger partial charge is 0.259 e. The standard InChI is InChI=1S/C24H22N2O3/c1-13-5-7-21-19(11-13)26-23(27)18-12-17(6-8-20(18)29-21)25-24(28)22-15(3)9-14(2)10-16(22)4/h5-12H,1-4H3,(H,25,28)(H,26,27). The zero-order chi connectivity index (χ0) is 20.7. The van der Waals surface area contributed by atoms with E-state index in [9.17, 15) is 9.59 Å². The summed E-state index contributed by atoms with van der Waals surface area (Å²) in [6.45, 7) is 7.80. The average Bonchev–Trinajstić information content (AvgIpc) is 2.76. The Morgan fingerprint density at radius 1 is 0.862 bits per heavy atom. The van der Waals surface area contributed by atoms with Gasteiger partial charge in [-0.15, -0.1) is 0 Å². The monoisotopic (exact) mass is 386 g/mol. The molecule has 0 atom stereocenters. The Hall–Kier alpha value is -3.60. The van der Waals surface area contributed by atoms with Crippen LogP contribution in [0.1, 0.15) is 43.0 Å². The molecule has 0 unspecified atom stereocenters. The molecule has 0 fully saturated rings. The van der Waals surface area contributed by atoms with Crippen LogP contribution in [-0.2, 0) is 0 Å². The van der Waals surface area contributed by atoms with Gasteiger partial charge in [0, 0.05) is 11.3 Å². The van der Waals surface area contributed by atoms with Crippen LogP contribution in [-0.4, -0.2) is 11.8 Å². The highest BCUT2D eigenvalue weighted by atomic mass is 16.5. The first-order valence-corrected chi connectivity index (χ1v) is 9.45. The first-order chi connectivity index (χ1) is 13.8. The molecule has 1 aliphatic rings. The van der Waals surface area contributed by atoms with Crippen molar-refractivity contribution in [2.24, 2.45) is 0 Å². The van der Waals surface area contributed by atoms with Crippen molar-refractivity contribution in [3.05, 3.63) is 81.9 Å². The summed E-state index contributed by atoms with van der Waals surface area (Å²) in [5.41, 5.74) is 6.16. The zero-order valence-electron chi connectivity index (χ0n) is 16.8. The Balaban J connectivity index is 1.64.